The highest BCUT2D eigenvalue weighted by Gasteiger charge is 2.33. The van der Waals surface area contributed by atoms with E-state index in [9.17, 15) is 14.7 Å². The fourth-order valence-electron chi connectivity index (χ4n) is 3.96. The van der Waals surface area contributed by atoms with E-state index in [0.29, 0.717) is 12.2 Å². The molecule has 1 atom stereocenters. The minimum absolute atomic E-state index is 0.000980. The fourth-order valence-corrected chi connectivity index (χ4v) is 3.96. The summed E-state index contributed by atoms with van der Waals surface area (Å²) in [5, 5.41) is 12.4. The second kappa shape index (κ2) is 7.13. The lowest BCUT2D eigenvalue weighted by atomic mass is 9.94. The number of para-hydroxylation sites is 2. The molecule has 0 saturated carbocycles. The molecule has 0 aliphatic carbocycles. The Bertz CT molecular complexity index is 882. The number of anilines is 2. The molecule has 140 valence electrons. The number of aliphatic hydroxyl groups excluding tert-OH is 1. The Kier molecular flexibility index (Phi) is 4.68. The van der Waals surface area contributed by atoms with Crippen LogP contribution in [0, 0.1) is 0 Å². The van der Waals surface area contributed by atoms with Crippen molar-refractivity contribution in [3.8, 4) is 0 Å². The quantitative estimate of drug-likeness (QED) is 0.872. The van der Waals surface area contributed by atoms with E-state index in [4.69, 9.17) is 0 Å². The zero-order valence-electron chi connectivity index (χ0n) is 15.3. The van der Waals surface area contributed by atoms with Crippen molar-refractivity contribution >= 4 is 23.2 Å². The predicted molar refractivity (Wildman–Crippen MR) is 103 cm³/mol. The average Bonchev–Trinajstić information content (AvgIpc) is 2.71. The molecule has 2 aliphatic rings. The maximum atomic E-state index is 13.2. The maximum absolute atomic E-state index is 13.2. The first-order valence-corrected chi connectivity index (χ1v) is 9.23. The third kappa shape index (κ3) is 3.22. The topological polar surface area (TPSA) is 72.9 Å². The number of hydrogen-bond acceptors (Lipinski definition) is 4. The molecule has 27 heavy (non-hydrogen) atoms. The lowest BCUT2D eigenvalue weighted by Crippen LogP contribution is -2.52. The molecule has 0 bridgehead atoms. The molecule has 6 heteroatoms. The van der Waals surface area contributed by atoms with Gasteiger partial charge in [-0.15, -0.1) is 0 Å². The van der Waals surface area contributed by atoms with Gasteiger partial charge in [-0.1, -0.05) is 30.3 Å². The number of hydrogen-bond donors (Lipinski definition) is 2. The smallest absolute Gasteiger partial charge is 0.244 e. The molecule has 2 amide bonds. The van der Waals surface area contributed by atoms with Crippen LogP contribution in [-0.4, -0.2) is 41.0 Å². The van der Waals surface area contributed by atoms with Crippen molar-refractivity contribution in [3.05, 3.63) is 59.2 Å². The van der Waals surface area contributed by atoms with Crippen molar-refractivity contribution < 1.29 is 14.7 Å². The molecule has 0 saturated heterocycles. The van der Waals surface area contributed by atoms with Gasteiger partial charge < -0.3 is 10.4 Å². The zero-order chi connectivity index (χ0) is 19.0. The Labute approximate surface area is 158 Å². The van der Waals surface area contributed by atoms with Gasteiger partial charge in [0.15, 0.2) is 0 Å². The molecule has 0 fully saturated rings. The summed E-state index contributed by atoms with van der Waals surface area (Å²) in [5.74, 6) is -0.261. The SMILES string of the molecule is CC(C(=O)N1CC(=O)Nc2ccccc21)N1CCc2cccc(CO)c2C1. The summed E-state index contributed by atoms with van der Waals surface area (Å²) in [5.41, 5.74) is 4.67. The van der Waals surface area contributed by atoms with E-state index < -0.39 is 0 Å². The van der Waals surface area contributed by atoms with E-state index in [0.717, 1.165) is 29.8 Å². The van der Waals surface area contributed by atoms with Gasteiger partial charge in [0, 0.05) is 13.1 Å². The van der Waals surface area contributed by atoms with Crippen LogP contribution in [0.25, 0.3) is 0 Å². The Balaban J connectivity index is 1.58. The van der Waals surface area contributed by atoms with Crippen molar-refractivity contribution in [2.24, 2.45) is 0 Å². The molecule has 2 aliphatic heterocycles. The summed E-state index contributed by atoms with van der Waals surface area (Å²) < 4.78 is 0. The molecule has 2 N–H and O–H groups in total. The minimum atomic E-state index is -0.358. The van der Waals surface area contributed by atoms with Crippen molar-refractivity contribution in [2.75, 3.05) is 23.3 Å². The molecule has 2 heterocycles. The second-order valence-corrected chi connectivity index (χ2v) is 7.10. The van der Waals surface area contributed by atoms with Crippen LogP contribution in [0.3, 0.4) is 0 Å². The second-order valence-electron chi connectivity index (χ2n) is 7.10. The Hall–Kier alpha value is -2.70. The van der Waals surface area contributed by atoms with Gasteiger partial charge in [-0.3, -0.25) is 19.4 Å². The predicted octanol–water partition coefficient (Wildman–Crippen LogP) is 1.91. The number of fused-ring (bicyclic) bond motifs is 2. The third-order valence-corrected chi connectivity index (χ3v) is 5.51. The Morgan fingerprint density at radius 1 is 1.19 bits per heavy atom. The highest BCUT2D eigenvalue weighted by molar-refractivity contribution is 6.11. The minimum Gasteiger partial charge on any atom is -0.392 e. The van der Waals surface area contributed by atoms with E-state index in [1.54, 1.807) is 4.90 Å². The van der Waals surface area contributed by atoms with Gasteiger partial charge >= 0.3 is 0 Å². The highest BCUT2D eigenvalue weighted by atomic mass is 16.3. The standard InChI is InChI=1S/C21H23N3O3/c1-14(23-10-9-15-5-4-6-16(13-25)17(15)11-23)21(27)24-12-20(26)22-18-7-2-3-8-19(18)24/h2-8,14,25H,9-13H2,1H3,(H,22,26). The van der Waals surface area contributed by atoms with Crippen LogP contribution >= 0.6 is 0 Å². The number of carbonyl (C=O) groups excluding carboxylic acids is 2. The van der Waals surface area contributed by atoms with Gasteiger partial charge in [0.1, 0.15) is 6.54 Å². The van der Waals surface area contributed by atoms with Crippen LogP contribution in [0.15, 0.2) is 42.5 Å². The van der Waals surface area contributed by atoms with Crippen LogP contribution in [0.5, 0.6) is 0 Å². The van der Waals surface area contributed by atoms with Crippen LogP contribution in [-0.2, 0) is 29.2 Å². The van der Waals surface area contributed by atoms with E-state index in [1.165, 1.54) is 5.56 Å². The Morgan fingerprint density at radius 3 is 2.81 bits per heavy atom. The van der Waals surface area contributed by atoms with Crippen LogP contribution in [0.4, 0.5) is 11.4 Å². The van der Waals surface area contributed by atoms with Crippen LogP contribution in [0.2, 0.25) is 0 Å². The van der Waals surface area contributed by atoms with E-state index in [-0.39, 0.29) is 31.0 Å². The molecular weight excluding hydrogens is 342 g/mol. The number of rotatable bonds is 3. The number of aliphatic hydroxyl groups is 1. The zero-order valence-corrected chi connectivity index (χ0v) is 15.3. The molecule has 2 aromatic rings. The number of nitrogens with zero attached hydrogens (tertiary/aromatic N) is 2. The summed E-state index contributed by atoms with van der Waals surface area (Å²) in [7, 11) is 0. The third-order valence-electron chi connectivity index (χ3n) is 5.51. The molecule has 4 rings (SSSR count). The summed E-state index contributed by atoms with van der Waals surface area (Å²) in [6.45, 7) is 3.33. The van der Waals surface area contributed by atoms with Gasteiger partial charge in [-0.05, 0) is 42.2 Å². The number of nitrogens with one attached hydrogen (secondary N) is 1. The van der Waals surface area contributed by atoms with E-state index in [2.05, 4.69) is 16.3 Å². The summed E-state index contributed by atoms with van der Waals surface area (Å²) in [6, 6.07) is 13.0. The monoisotopic (exact) mass is 365 g/mol. The summed E-state index contributed by atoms with van der Waals surface area (Å²) >= 11 is 0. The van der Waals surface area contributed by atoms with Crippen molar-refractivity contribution in [1.82, 2.24) is 4.90 Å². The first-order valence-electron chi connectivity index (χ1n) is 9.23. The normalized spacial score (nSPS) is 17.7. The number of benzene rings is 2. The van der Waals surface area contributed by atoms with Crippen LogP contribution < -0.4 is 10.2 Å². The number of carbonyl (C=O) groups is 2. The van der Waals surface area contributed by atoms with Gasteiger partial charge in [0.25, 0.3) is 0 Å². The van der Waals surface area contributed by atoms with Crippen molar-refractivity contribution in [1.29, 1.82) is 0 Å². The molecular formula is C21H23N3O3. The van der Waals surface area contributed by atoms with Gasteiger partial charge in [0.05, 0.1) is 24.0 Å². The average molecular weight is 365 g/mol. The molecule has 1 unspecified atom stereocenters. The first-order chi connectivity index (χ1) is 13.1. The largest absolute Gasteiger partial charge is 0.392 e. The molecule has 0 aromatic heterocycles. The van der Waals surface area contributed by atoms with Crippen molar-refractivity contribution in [2.45, 2.75) is 32.5 Å². The molecule has 6 nitrogen and oxygen atoms in total. The van der Waals surface area contributed by atoms with E-state index >= 15 is 0 Å². The lowest BCUT2D eigenvalue weighted by molar-refractivity contribution is -0.125. The molecule has 0 radical (unpaired) electrons. The van der Waals surface area contributed by atoms with Crippen molar-refractivity contribution in [3.63, 3.8) is 0 Å². The summed E-state index contributed by atoms with van der Waals surface area (Å²) in [6.07, 6.45) is 0.845. The van der Waals surface area contributed by atoms with Gasteiger partial charge in [-0.2, -0.15) is 0 Å². The Morgan fingerprint density at radius 2 is 2.00 bits per heavy atom. The highest BCUT2D eigenvalue weighted by Crippen LogP contribution is 2.31. The maximum Gasteiger partial charge on any atom is 0.244 e. The fraction of sp³-hybridized carbons (Fsp3) is 0.333. The van der Waals surface area contributed by atoms with Gasteiger partial charge in [0.2, 0.25) is 11.8 Å². The number of amides is 2. The molecule has 0 spiro atoms. The summed E-state index contributed by atoms with van der Waals surface area (Å²) in [4.78, 5) is 29.0. The first kappa shape index (κ1) is 17.7. The lowest BCUT2D eigenvalue weighted by Gasteiger charge is -2.37. The van der Waals surface area contributed by atoms with E-state index in [1.807, 2.05) is 43.3 Å². The molecule has 2 aromatic carbocycles. The van der Waals surface area contributed by atoms with Crippen LogP contribution in [0.1, 0.15) is 23.6 Å². The van der Waals surface area contributed by atoms with Gasteiger partial charge in [-0.25, -0.2) is 0 Å².